The van der Waals surface area contributed by atoms with E-state index in [2.05, 4.69) is 15.2 Å². The largest absolute Gasteiger partial charge is 0.479 e. The highest BCUT2D eigenvalue weighted by molar-refractivity contribution is 5.82. The first-order valence-electron chi connectivity index (χ1n) is 5.98. The van der Waals surface area contributed by atoms with Crippen LogP contribution < -0.4 is 0 Å². The number of aromatic nitrogens is 3. The van der Waals surface area contributed by atoms with Gasteiger partial charge in [-0.15, -0.1) is 0 Å². The second-order valence-electron chi connectivity index (χ2n) is 4.56. The minimum Gasteiger partial charge on any atom is -0.479 e. The summed E-state index contributed by atoms with van der Waals surface area (Å²) in [7, 11) is 1.62. The van der Waals surface area contributed by atoms with E-state index in [9.17, 15) is 9.59 Å². The first kappa shape index (κ1) is 13.5. The van der Waals surface area contributed by atoms with E-state index in [0.29, 0.717) is 24.5 Å². The minimum atomic E-state index is -1.03. The Bertz CT molecular complexity index is 487. The van der Waals surface area contributed by atoms with Crippen molar-refractivity contribution in [3.63, 3.8) is 0 Å². The van der Waals surface area contributed by atoms with Crippen LogP contribution in [0.4, 0.5) is 0 Å². The second kappa shape index (κ2) is 5.35. The molecule has 2 rings (SSSR count). The maximum atomic E-state index is 12.1. The van der Waals surface area contributed by atoms with Gasteiger partial charge in [0.15, 0.2) is 11.9 Å². The van der Waals surface area contributed by atoms with Crippen LogP contribution in [0.1, 0.15) is 24.5 Å². The molecule has 1 saturated heterocycles. The van der Waals surface area contributed by atoms with Gasteiger partial charge < -0.3 is 14.7 Å². The molecule has 2 heterocycles. The van der Waals surface area contributed by atoms with Gasteiger partial charge in [-0.05, 0) is 19.8 Å². The highest BCUT2D eigenvalue weighted by Crippen LogP contribution is 2.21. The van der Waals surface area contributed by atoms with Crippen molar-refractivity contribution < 1.29 is 19.4 Å². The number of carbonyl (C=O) groups excluding carboxylic acids is 1. The van der Waals surface area contributed by atoms with Crippen molar-refractivity contribution in [2.24, 2.45) is 0 Å². The van der Waals surface area contributed by atoms with Gasteiger partial charge in [0.05, 0.1) is 6.54 Å². The number of carboxylic acid groups (broad SMARTS) is 1. The van der Waals surface area contributed by atoms with Crippen LogP contribution in [-0.4, -0.2) is 56.3 Å². The molecule has 0 aliphatic carbocycles. The molecule has 0 radical (unpaired) electrons. The number of amides is 1. The summed E-state index contributed by atoms with van der Waals surface area (Å²) in [6.45, 7) is 2.04. The van der Waals surface area contributed by atoms with Crippen molar-refractivity contribution >= 4 is 11.9 Å². The fourth-order valence-electron chi connectivity index (χ4n) is 2.00. The highest BCUT2D eigenvalue weighted by atomic mass is 16.5. The molecule has 1 fully saturated rings. The highest BCUT2D eigenvalue weighted by Gasteiger charge is 2.36. The van der Waals surface area contributed by atoms with Crippen LogP contribution in [0.25, 0.3) is 0 Å². The molecule has 0 saturated carbocycles. The molecule has 2 atom stereocenters. The Morgan fingerprint density at radius 1 is 1.47 bits per heavy atom. The van der Waals surface area contributed by atoms with Crippen LogP contribution in [0, 0.1) is 6.92 Å². The van der Waals surface area contributed by atoms with E-state index in [1.54, 1.807) is 14.0 Å². The molecular weight excluding hydrogens is 252 g/mol. The van der Waals surface area contributed by atoms with Crippen molar-refractivity contribution in [2.45, 2.75) is 38.5 Å². The fourth-order valence-corrected chi connectivity index (χ4v) is 2.00. The maximum absolute atomic E-state index is 12.1. The fraction of sp³-hybridized carbons (Fsp3) is 0.636. The summed E-state index contributed by atoms with van der Waals surface area (Å²) in [5, 5.41) is 15.5. The van der Waals surface area contributed by atoms with Crippen LogP contribution in [0.3, 0.4) is 0 Å². The number of carboxylic acids is 1. The average molecular weight is 268 g/mol. The van der Waals surface area contributed by atoms with Gasteiger partial charge in [0, 0.05) is 7.05 Å². The van der Waals surface area contributed by atoms with E-state index >= 15 is 0 Å². The predicted octanol–water partition coefficient (Wildman–Crippen LogP) is -0.296. The van der Waals surface area contributed by atoms with Crippen LogP contribution in [-0.2, 0) is 20.9 Å². The normalized spacial score (nSPS) is 22.4. The Hall–Kier alpha value is -1.96. The van der Waals surface area contributed by atoms with Gasteiger partial charge in [-0.2, -0.15) is 5.10 Å². The standard InChI is InChI=1S/C11H16N4O4/c1-6-12-9(14-13-6)5-15(2)10(16)7-3-4-8(19-7)11(17)18/h7-8H,3-5H2,1-2H3,(H,17,18)(H,12,13,14). The maximum Gasteiger partial charge on any atom is 0.332 e. The van der Waals surface area contributed by atoms with Crippen molar-refractivity contribution in [3.8, 4) is 0 Å². The molecular formula is C11H16N4O4. The number of likely N-dealkylation sites (N-methyl/N-ethyl adjacent to an activating group) is 1. The first-order valence-corrected chi connectivity index (χ1v) is 5.98. The molecule has 0 aromatic carbocycles. The van der Waals surface area contributed by atoms with Crippen molar-refractivity contribution in [1.82, 2.24) is 20.1 Å². The summed E-state index contributed by atoms with van der Waals surface area (Å²) in [5.74, 6) is -0.0752. The van der Waals surface area contributed by atoms with E-state index in [1.807, 2.05) is 0 Å². The Morgan fingerprint density at radius 3 is 2.68 bits per heavy atom. The van der Waals surface area contributed by atoms with E-state index in [0.717, 1.165) is 0 Å². The molecule has 2 N–H and O–H groups in total. The average Bonchev–Trinajstić information content (AvgIpc) is 2.97. The number of nitrogens with zero attached hydrogens (tertiary/aromatic N) is 3. The third-order valence-corrected chi connectivity index (χ3v) is 2.97. The first-order chi connectivity index (χ1) is 8.97. The van der Waals surface area contributed by atoms with Crippen LogP contribution >= 0.6 is 0 Å². The number of aromatic amines is 1. The third kappa shape index (κ3) is 3.08. The van der Waals surface area contributed by atoms with Gasteiger partial charge in [0.2, 0.25) is 0 Å². The second-order valence-corrected chi connectivity index (χ2v) is 4.56. The zero-order valence-corrected chi connectivity index (χ0v) is 10.8. The molecule has 1 amide bonds. The summed E-state index contributed by atoms with van der Waals surface area (Å²) >= 11 is 0. The number of hydrogen-bond acceptors (Lipinski definition) is 5. The number of rotatable bonds is 4. The van der Waals surface area contributed by atoms with Crippen LogP contribution in [0.5, 0.6) is 0 Å². The molecule has 0 spiro atoms. The lowest BCUT2D eigenvalue weighted by molar-refractivity contribution is -0.154. The van der Waals surface area contributed by atoms with Gasteiger partial charge in [-0.25, -0.2) is 9.78 Å². The molecule has 2 unspecified atom stereocenters. The SMILES string of the molecule is Cc1nc(CN(C)C(=O)C2CCC(C(=O)O)O2)n[nH]1. The molecule has 8 nitrogen and oxygen atoms in total. The topological polar surface area (TPSA) is 108 Å². The number of carbonyl (C=O) groups is 2. The summed E-state index contributed by atoms with van der Waals surface area (Å²) < 4.78 is 5.21. The molecule has 1 aromatic heterocycles. The Balaban J connectivity index is 1.91. The summed E-state index contributed by atoms with van der Waals surface area (Å²) in [5.41, 5.74) is 0. The van der Waals surface area contributed by atoms with Gasteiger partial charge in [0.1, 0.15) is 11.9 Å². The van der Waals surface area contributed by atoms with E-state index in [4.69, 9.17) is 9.84 Å². The Labute approximate surface area is 109 Å². The van der Waals surface area contributed by atoms with E-state index in [-0.39, 0.29) is 12.5 Å². The predicted molar refractivity (Wildman–Crippen MR) is 63.1 cm³/mol. The third-order valence-electron chi connectivity index (χ3n) is 2.97. The minimum absolute atomic E-state index is 0.244. The number of nitrogens with one attached hydrogen (secondary N) is 1. The monoisotopic (exact) mass is 268 g/mol. The zero-order valence-electron chi connectivity index (χ0n) is 10.8. The molecule has 8 heteroatoms. The van der Waals surface area contributed by atoms with Gasteiger partial charge >= 0.3 is 5.97 Å². The summed E-state index contributed by atoms with van der Waals surface area (Å²) in [6.07, 6.45) is -0.786. The van der Waals surface area contributed by atoms with Crippen molar-refractivity contribution in [1.29, 1.82) is 0 Å². The van der Waals surface area contributed by atoms with Gasteiger partial charge in [0.25, 0.3) is 5.91 Å². The Morgan fingerprint density at radius 2 is 2.16 bits per heavy atom. The number of ether oxygens (including phenoxy) is 1. The smallest absolute Gasteiger partial charge is 0.332 e. The lowest BCUT2D eigenvalue weighted by Crippen LogP contribution is -2.37. The van der Waals surface area contributed by atoms with Crippen LogP contribution in [0.2, 0.25) is 0 Å². The lowest BCUT2D eigenvalue weighted by Gasteiger charge is -2.19. The number of aliphatic carboxylic acids is 1. The number of hydrogen-bond donors (Lipinski definition) is 2. The van der Waals surface area contributed by atoms with Crippen molar-refractivity contribution in [3.05, 3.63) is 11.6 Å². The molecule has 1 aliphatic rings. The zero-order chi connectivity index (χ0) is 14.0. The molecule has 104 valence electrons. The Kier molecular flexibility index (Phi) is 3.79. The molecule has 19 heavy (non-hydrogen) atoms. The molecule has 1 aromatic rings. The van der Waals surface area contributed by atoms with Gasteiger partial charge in [-0.3, -0.25) is 9.89 Å². The number of aryl methyl sites for hydroxylation is 1. The lowest BCUT2D eigenvalue weighted by atomic mass is 10.2. The molecule has 1 aliphatic heterocycles. The quantitative estimate of drug-likeness (QED) is 0.776. The van der Waals surface area contributed by atoms with Gasteiger partial charge in [-0.1, -0.05) is 0 Å². The van der Waals surface area contributed by atoms with E-state index in [1.165, 1.54) is 4.90 Å². The molecule has 0 bridgehead atoms. The summed E-state index contributed by atoms with van der Waals surface area (Å²) in [4.78, 5) is 28.4. The van der Waals surface area contributed by atoms with Crippen LogP contribution in [0.15, 0.2) is 0 Å². The number of H-pyrrole nitrogens is 1. The summed E-state index contributed by atoms with van der Waals surface area (Å²) in [6, 6.07) is 0. The van der Waals surface area contributed by atoms with Crippen molar-refractivity contribution in [2.75, 3.05) is 7.05 Å². The van der Waals surface area contributed by atoms with E-state index < -0.39 is 18.2 Å².